The smallest absolute Gasteiger partial charge is 0.265 e. The monoisotopic (exact) mass is 334 g/mol. The lowest BCUT2D eigenvalue weighted by molar-refractivity contribution is -0.118. The van der Waals surface area contributed by atoms with Crippen LogP contribution in [0.4, 0.5) is 5.69 Å². The summed E-state index contributed by atoms with van der Waals surface area (Å²) in [7, 11) is 0. The Morgan fingerprint density at radius 1 is 1.00 bits per heavy atom. The lowest BCUT2D eigenvalue weighted by Crippen LogP contribution is -2.45. The maximum absolute atomic E-state index is 13.1. The van der Waals surface area contributed by atoms with Gasteiger partial charge in [0, 0.05) is 11.8 Å². The van der Waals surface area contributed by atoms with Crippen LogP contribution in [-0.4, -0.2) is 23.6 Å². The van der Waals surface area contributed by atoms with E-state index in [4.69, 9.17) is 0 Å². The Labute approximate surface area is 148 Å². The predicted molar refractivity (Wildman–Crippen MR) is 100 cm³/mol. The standard InChI is InChI=1S/C21H22N2O2/c1-14-9-11-15(12-10-14)23-19(24)17-8-6-5-7-16(17)18(20(23)25)13-22-21(2,3)4/h5-13,18H,1-4H3/t18-/m0/s1. The molecule has 2 amide bonds. The summed E-state index contributed by atoms with van der Waals surface area (Å²) in [4.78, 5) is 31.8. The van der Waals surface area contributed by atoms with Crippen molar-refractivity contribution in [1.29, 1.82) is 0 Å². The SMILES string of the molecule is Cc1ccc(N2C(=O)c3ccccc3[C@H](C=NC(C)(C)C)C2=O)cc1. The van der Waals surface area contributed by atoms with Gasteiger partial charge in [-0.2, -0.15) is 0 Å². The highest BCUT2D eigenvalue weighted by molar-refractivity contribution is 6.29. The van der Waals surface area contributed by atoms with E-state index in [0.29, 0.717) is 16.8 Å². The van der Waals surface area contributed by atoms with Crippen LogP contribution in [0.1, 0.15) is 48.2 Å². The van der Waals surface area contributed by atoms with Crippen LogP contribution in [0.5, 0.6) is 0 Å². The molecule has 3 rings (SSSR count). The lowest BCUT2D eigenvalue weighted by Gasteiger charge is -2.31. The van der Waals surface area contributed by atoms with Crippen LogP contribution in [-0.2, 0) is 4.79 Å². The fraction of sp³-hybridized carbons (Fsp3) is 0.286. The van der Waals surface area contributed by atoms with Gasteiger partial charge in [-0.3, -0.25) is 14.6 Å². The highest BCUT2D eigenvalue weighted by Gasteiger charge is 2.38. The molecule has 1 atom stereocenters. The van der Waals surface area contributed by atoms with Gasteiger partial charge in [0.25, 0.3) is 5.91 Å². The molecule has 0 radical (unpaired) electrons. The van der Waals surface area contributed by atoms with Gasteiger partial charge >= 0.3 is 0 Å². The summed E-state index contributed by atoms with van der Waals surface area (Å²) in [6.45, 7) is 7.90. The van der Waals surface area contributed by atoms with E-state index in [9.17, 15) is 9.59 Å². The quantitative estimate of drug-likeness (QED) is 0.612. The Hall–Kier alpha value is -2.75. The number of aliphatic imine (C=N–C) groups is 1. The number of carbonyl (C=O) groups is 2. The molecule has 4 nitrogen and oxygen atoms in total. The number of imide groups is 1. The van der Waals surface area contributed by atoms with Crippen LogP contribution in [0.25, 0.3) is 0 Å². The third-order valence-corrected chi connectivity index (χ3v) is 4.12. The fourth-order valence-electron chi connectivity index (χ4n) is 2.84. The van der Waals surface area contributed by atoms with Crippen molar-refractivity contribution in [2.24, 2.45) is 4.99 Å². The predicted octanol–water partition coefficient (Wildman–Crippen LogP) is 4.13. The van der Waals surface area contributed by atoms with Crippen LogP contribution in [0.15, 0.2) is 53.5 Å². The molecular weight excluding hydrogens is 312 g/mol. The number of anilines is 1. The van der Waals surface area contributed by atoms with E-state index in [-0.39, 0.29) is 17.4 Å². The molecular formula is C21H22N2O2. The number of nitrogens with zero attached hydrogens (tertiary/aromatic N) is 2. The molecule has 2 aromatic rings. The second-order valence-corrected chi connectivity index (χ2v) is 7.33. The highest BCUT2D eigenvalue weighted by Crippen LogP contribution is 2.32. The Balaban J connectivity index is 2.11. The van der Waals surface area contributed by atoms with Crippen molar-refractivity contribution < 1.29 is 9.59 Å². The molecule has 4 heteroatoms. The number of carbonyl (C=O) groups excluding carboxylic acids is 2. The molecule has 0 aromatic heterocycles. The molecule has 0 spiro atoms. The molecule has 1 aliphatic rings. The first-order chi connectivity index (χ1) is 11.8. The second kappa shape index (κ2) is 6.28. The molecule has 1 heterocycles. The van der Waals surface area contributed by atoms with Gasteiger partial charge in [0.05, 0.1) is 17.1 Å². The fourth-order valence-corrected chi connectivity index (χ4v) is 2.84. The third kappa shape index (κ3) is 3.38. The summed E-state index contributed by atoms with van der Waals surface area (Å²) < 4.78 is 0. The van der Waals surface area contributed by atoms with Crippen LogP contribution in [0.2, 0.25) is 0 Å². The minimum atomic E-state index is -0.561. The maximum Gasteiger partial charge on any atom is 0.265 e. The van der Waals surface area contributed by atoms with Gasteiger partial charge < -0.3 is 0 Å². The minimum Gasteiger partial charge on any atom is -0.291 e. The van der Waals surface area contributed by atoms with Crippen molar-refractivity contribution >= 4 is 23.7 Å². The van der Waals surface area contributed by atoms with Crippen molar-refractivity contribution in [3.63, 3.8) is 0 Å². The van der Waals surface area contributed by atoms with Gasteiger partial charge in [-0.25, -0.2) is 4.90 Å². The molecule has 2 aromatic carbocycles. The highest BCUT2D eigenvalue weighted by atomic mass is 16.2. The summed E-state index contributed by atoms with van der Waals surface area (Å²) in [5.74, 6) is -1.11. The molecule has 128 valence electrons. The molecule has 1 aliphatic heterocycles. The summed E-state index contributed by atoms with van der Waals surface area (Å²) in [5, 5.41) is 0. The first-order valence-electron chi connectivity index (χ1n) is 8.37. The number of rotatable bonds is 2. The topological polar surface area (TPSA) is 49.7 Å². The van der Waals surface area contributed by atoms with Crippen molar-refractivity contribution in [2.45, 2.75) is 39.2 Å². The third-order valence-electron chi connectivity index (χ3n) is 4.12. The number of hydrogen-bond donors (Lipinski definition) is 0. The maximum atomic E-state index is 13.1. The van der Waals surface area contributed by atoms with Crippen LogP contribution in [0, 0.1) is 6.92 Å². The van der Waals surface area contributed by atoms with Gasteiger partial charge in [0.15, 0.2) is 0 Å². The largest absolute Gasteiger partial charge is 0.291 e. The average molecular weight is 334 g/mol. The molecule has 0 N–H and O–H groups in total. The van der Waals surface area contributed by atoms with Gasteiger partial charge in [-0.05, 0) is 51.5 Å². The van der Waals surface area contributed by atoms with Gasteiger partial charge in [-0.1, -0.05) is 35.9 Å². The van der Waals surface area contributed by atoms with E-state index in [1.54, 1.807) is 24.4 Å². The zero-order valence-corrected chi connectivity index (χ0v) is 15.0. The molecule has 0 aliphatic carbocycles. The summed E-state index contributed by atoms with van der Waals surface area (Å²) >= 11 is 0. The molecule has 0 fully saturated rings. The van der Waals surface area contributed by atoms with E-state index in [1.165, 1.54) is 4.90 Å². The van der Waals surface area contributed by atoms with Gasteiger partial charge in [-0.15, -0.1) is 0 Å². The van der Waals surface area contributed by atoms with Crippen LogP contribution >= 0.6 is 0 Å². The number of amides is 2. The Bertz CT molecular complexity index is 845. The summed E-state index contributed by atoms with van der Waals surface area (Å²) in [5.41, 5.74) is 2.64. The van der Waals surface area contributed by atoms with E-state index in [2.05, 4.69) is 4.99 Å². The zero-order chi connectivity index (χ0) is 18.2. The number of benzene rings is 2. The second-order valence-electron chi connectivity index (χ2n) is 7.33. The molecule has 0 unspecified atom stereocenters. The molecule has 25 heavy (non-hydrogen) atoms. The Kier molecular flexibility index (Phi) is 4.29. The molecule has 0 saturated heterocycles. The first-order valence-corrected chi connectivity index (χ1v) is 8.37. The number of fused-ring (bicyclic) bond motifs is 1. The van der Waals surface area contributed by atoms with Crippen molar-refractivity contribution in [3.05, 3.63) is 65.2 Å². The Morgan fingerprint density at radius 2 is 1.64 bits per heavy atom. The van der Waals surface area contributed by atoms with Crippen LogP contribution < -0.4 is 4.90 Å². The van der Waals surface area contributed by atoms with Crippen molar-refractivity contribution in [3.8, 4) is 0 Å². The van der Waals surface area contributed by atoms with Gasteiger partial charge in [0.1, 0.15) is 0 Å². The van der Waals surface area contributed by atoms with Crippen LogP contribution in [0.3, 0.4) is 0 Å². The van der Waals surface area contributed by atoms with Crippen molar-refractivity contribution in [1.82, 2.24) is 0 Å². The van der Waals surface area contributed by atoms with E-state index in [0.717, 1.165) is 5.56 Å². The van der Waals surface area contributed by atoms with Crippen molar-refractivity contribution in [2.75, 3.05) is 4.90 Å². The number of aryl methyl sites for hydroxylation is 1. The van der Waals surface area contributed by atoms with Gasteiger partial charge in [0.2, 0.25) is 5.91 Å². The first kappa shape index (κ1) is 17.1. The van der Waals surface area contributed by atoms with E-state index >= 15 is 0 Å². The molecule has 0 saturated carbocycles. The summed E-state index contributed by atoms with van der Waals surface area (Å²) in [6.07, 6.45) is 1.68. The van der Waals surface area contributed by atoms with E-state index in [1.807, 2.05) is 58.0 Å². The molecule has 0 bridgehead atoms. The normalized spacial score (nSPS) is 17.9. The Morgan fingerprint density at radius 3 is 2.28 bits per heavy atom. The van der Waals surface area contributed by atoms with E-state index < -0.39 is 5.92 Å². The number of hydrogen-bond acceptors (Lipinski definition) is 3. The summed E-state index contributed by atoms with van der Waals surface area (Å²) in [6, 6.07) is 14.7. The average Bonchev–Trinajstić information content (AvgIpc) is 2.55. The zero-order valence-electron chi connectivity index (χ0n) is 15.0. The minimum absolute atomic E-state index is 0.263. The lowest BCUT2D eigenvalue weighted by atomic mass is 9.88.